The molecule has 0 amide bonds. The van der Waals surface area contributed by atoms with Crippen molar-refractivity contribution in [2.75, 3.05) is 5.75 Å². The lowest BCUT2D eigenvalue weighted by Crippen LogP contribution is -2.22. The Morgan fingerprint density at radius 1 is 1.29 bits per heavy atom. The third-order valence-corrected chi connectivity index (χ3v) is 6.08. The van der Waals surface area contributed by atoms with Gasteiger partial charge in [-0.1, -0.05) is 32.5 Å². The first-order chi connectivity index (χ1) is 9.97. The van der Waals surface area contributed by atoms with Crippen molar-refractivity contribution in [3.05, 3.63) is 16.8 Å². The Morgan fingerprint density at radius 3 is 2.81 bits per heavy atom. The number of rotatable bonds is 3. The highest BCUT2D eigenvalue weighted by Gasteiger charge is 2.23. The largest absolute Gasteiger partial charge is 0.298 e. The third-order valence-electron chi connectivity index (χ3n) is 3.89. The van der Waals surface area contributed by atoms with Crippen LogP contribution >= 0.6 is 23.1 Å². The van der Waals surface area contributed by atoms with E-state index >= 15 is 0 Å². The van der Waals surface area contributed by atoms with Gasteiger partial charge in [0, 0.05) is 15.7 Å². The number of fused-ring (bicyclic) bond motifs is 3. The highest BCUT2D eigenvalue weighted by molar-refractivity contribution is 8.00. The van der Waals surface area contributed by atoms with Gasteiger partial charge in [-0.2, -0.15) is 0 Å². The zero-order chi connectivity index (χ0) is 15.0. The molecule has 0 N–H and O–H groups in total. The molecule has 0 bridgehead atoms. The second-order valence-electron chi connectivity index (χ2n) is 6.53. The molecule has 1 aliphatic carbocycles. The van der Waals surface area contributed by atoms with E-state index in [2.05, 4.69) is 9.97 Å². The van der Waals surface area contributed by atoms with Crippen LogP contribution in [0.25, 0.3) is 10.2 Å². The Morgan fingerprint density at radius 2 is 2.05 bits per heavy atom. The fourth-order valence-electron chi connectivity index (χ4n) is 2.52. The Labute approximate surface area is 133 Å². The number of Topliss-reactive ketones (excluding diaryl/α,β-unsaturated/α-hetero) is 1. The van der Waals surface area contributed by atoms with Crippen LogP contribution < -0.4 is 0 Å². The van der Waals surface area contributed by atoms with Crippen molar-refractivity contribution in [2.45, 2.75) is 51.5 Å². The molecule has 2 aromatic heterocycles. The van der Waals surface area contributed by atoms with Gasteiger partial charge in [0.15, 0.2) is 0 Å². The first-order valence-corrected chi connectivity index (χ1v) is 9.18. The first kappa shape index (κ1) is 15.0. The Kier molecular flexibility index (Phi) is 4.06. The standard InChI is InChI=1S/C16H20N2OS2/c1-16(2,3)12(19)8-20-14-13-10-6-4-5-7-11(10)21-15(13)18-9-17-14/h9H,4-8H2,1-3H3. The molecule has 21 heavy (non-hydrogen) atoms. The zero-order valence-electron chi connectivity index (χ0n) is 12.7. The molecule has 0 saturated heterocycles. The maximum Gasteiger partial charge on any atom is 0.148 e. The van der Waals surface area contributed by atoms with E-state index in [-0.39, 0.29) is 11.2 Å². The number of carbonyl (C=O) groups excluding carboxylic acids is 1. The van der Waals surface area contributed by atoms with Gasteiger partial charge in [0.25, 0.3) is 0 Å². The van der Waals surface area contributed by atoms with E-state index < -0.39 is 0 Å². The molecule has 2 heterocycles. The van der Waals surface area contributed by atoms with Crippen molar-refractivity contribution >= 4 is 39.1 Å². The number of hydrogen-bond donors (Lipinski definition) is 0. The first-order valence-electron chi connectivity index (χ1n) is 7.38. The van der Waals surface area contributed by atoms with E-state index in [4.69, 9.17) is 0 Å². The number of thioether (sulfide) groups is 1. The minimum Gasteiger partial charge on any atom is -0.298 e. The quantitative estimate of drug-likeness (QED) is 0.625. The predicted octanol–water partition coefficient (Wildman–Crippen LogP) is 4.28. The highest BCUT2D eigenvalue weighted by Crippen LogP contribution is 2.39. The van der Waals surface area contributed by atoms with Crippen LogP contribution in [0.3, 0.4) is 0 Å². The summed E-state index contributed by atoms with van der Waals surface area (Å²) in [6.07, 6.45) is 6.45. The van der Waals surface area contributed by atoms with Gasteiger partial charge >= 0.3 is 0 Å². The SMILES string of the molecule is CC(C)(C)C(=O)CSc1ncnc2sc3c(c12)CCCC3. The number of aromatic nitrogens is 2. The minimum atomic E-state index is -0.285. The van der Waals surface area contributed by atoms with Gasteiger partial charge in [0.2, 0.25) is 0 Å². The molecule has 0 aliphatic heterocycles. The number of carbonyl (C=O) groups is 1. The molecule has 5 heteroatoms. The van der Waals surface area contributed by atoms with Crippen molar-refractivity contribution in [1.82, 2.24) is 9.97 Å². The molecular weight excluding hydrogens is 300 g/mol. The van der Waals surface area contributed by atoms with Gasteiger partial charge in [-0.25, -0.2) is 9.97 Å². The number of hydrogen-bond acceptors (Lipinski definition) is 5. The van der Waals surface area contributed by atoms with Gasteiger partial charge < -0.3 is 0 Å². The number of ketones is 1. The smallest absolute Gasteiger partial charge is 0.148 e. The third kappa shape index (κ3) is 2.99. The number of thiophene rings is 1. The molecule has 0 radical (unpaired) electrons. The summed E-state index contributed by atoms with van der Waals surface area (Å²) in [5.74, 6) is 0.753. The topological polar surface area (TPSA) is 42.9 Å². The predicted molar refractivity (Wildman–Crippen MR) is 89.2 cm³/mol. The molecule has 0 aromatic carbocycles. The van der Waals surface area contributed by atoms with Crippen molar-refractivity contribution < 1.29 is 4.79 Å². The van der Waals surface area contributed by atoms with Crippen LogP contribution in [0.2, 0.25) is 0 Å². The van der Waals surface area contributed by atoms with Crippen LogP contribution in [0.1, 0.15) is 44.1 Å². The lowest BCUT2D eigenvalue weighted by Gasteiger charge is -2.16. The molecule has 0 fully saturated rings. The molecule has 2 aromatic rings. The lowest BCUT2D eigenvalue weighted by molar-refractivity contribution is -0.123. The number of nitrogens with zero attached hydrogens (tertiary/aromatic N) is 2. The second-order valence-corrected chi connectivity index (χ2v) is 8.58. The van der Waals surface area contributed by atoms with Crippen LogP contribution in [0.15, 0.2) is 11.4 Å². The number of aryl methyl sites for hydroxylation is 2. The monoisotopic (exact) mass is 320 g/mol. The van der Waals surface area contributed by atoms with Gasteiger partial charge in [-0.15, -0.1) is 11.3 Å². The molecular formula is C16H20N2OS2. The minimum absolute atomic E-state index is 0.267. The highest BCUT2D eigenvalue weighted by atomic mass is 32.2. The Balaban J connectivity index is 1.92. The van der Waals surface area contributed by atoms with Crippen molar-refractivity contribution in [1.29, 1.82) is 0 Å². The lowest BCUT2D eigenvalue weighted by atomic mass is 9.92. The van der Waals surface area contributed by atoms with Crippen LogP contribution in [-0.4, -0.2) is 21.5 Å². The van der Waals surface area contributed by atoms with Crippen LogP contribution in [0.5, 0.6) is 0 Å². The van der Waals surface area contributed by atoms with E-state index in [1.807, 2.05) is 20.8 Å². The summed E-state index contributed by atoms with van der Waals surface area (Å²) in [5.41, 5.74) is 1.15. The summed E-state index contributed by atoms with van der Waals surface area (Å²) in [6.45, 7) is 5.91. The molecule has 0 spiro atoms. The van der Waals surface area contributed by atoms with Crippen LogP contribution in [0, 0.1) is 5.41 Å². The van der Waals surface area contributed by atoms with Crippen molar-refractivity contribution in [3.8, 4) is 0 Å². The molecule has 112 valence electrons. The van der Waals surface area contributed by atoms with Crippen LogP contribution in [-0.2, 0) is 17.6 Å². The summed E-state index contributed by atoms with van der Waals surface area (Å²) < 4.78 is 0. The molecule has 0 atom stereocenters. The average molecular weight is 320 g/mol. The van der Waals surface area contributed by atoms with Gasteiger partial charge in [-0.3, -0.25) is 4.79 Å². The summed E-state index contributed by atoms with van der Waals surface area (Å²) in [6, 6.07) is 0. The summed E-state index contributed by atoms with van der Waals surface area (Å²) in [5, 5.41) is 2.20. The molecule has 1 aliphatic rings. The van der Waals surface area contributed by atoms with Crippen LogP contribution in [0.4, 0.5) is 0 Å². The zero-order valence-corrected chi connectivity index (χ0v) is 14.4. The Bertz CT molecular complexity index is 685. The van der Waals surface area contributed by atoms with E-state index in [1.165, 1.54) is 35.1 Å². The van der Waals surface area contributed by atoms with Gasteiger partial charge in [0.05, 0.1) is 5.75 Å². The van der Waals surface area contributed by atoms with E-state index in [0.29, 0.717) is 5.75 Å². The van der Waals surface area contributed by atoms with E-state index in [0.717, 1.165) is 16.3 Å². The maximum atomic E-state index is 12.1. The molecule has 3 rings (SSSR count). The van der Waals surface area contributed by atoms with E-state index in [1.54, 1.807) is 29.4 Å². The molecule has 0 saturated carbocycles. The molecule has 3 nitrogen and oxygen atoms in total. The second kappa shape index (κ2) is 5.69. The fourth-order valence-corrected chi connectivity index (χ4v) is 5.00. The van der Waals surface area contributed by atoms with E-state index in [9.17, 15) is 4.79 Å². The average Bonchev–Trinajstić information content (AvgIpc) is 2.82. The normalized spacial score (nSPS) is 15.2. The Hall–Kier alpha value is -0.940. The van der Waals surface area contributed by atoms with Crippen molar-refractivity contribution in [2.24, 2.45) is 5.41 Å². The fraction of sp³-hybridized carbons (Fsp3) is 0.562. The summed E-state index contributed by atoms with van der Waals surface area (Å²) in [7, 11) is 0. The summed E-state index contributed by atoms with van der Waals surface area (Å²) >= 11 is 3.37. The molecule has 0 unspecified atom stereocenters. The van der Waals surface area contributed by atoms with Crippen molar-refractivity contribution in [3.63, 3.8) is 0 Å². The van der Waals surface area contributed by atoms with Gasteiger partial charge in [-0.05, 0) is 31.2 Å². The van der Waals surface area contributed by atoms with Gasteiger partial charge in [0.1, 0.15) is 22.0 Å². The summed E-state index contributed by atoms with van der Waals surface area (Å²) in [4.78, 5) is 23.6. The maximum absolute atomic E-state index is 12.1.